The summed E-state index contributed by atoms with van der Waals surface area (Å²) in [5.74, 6) is -0.847. The Labute approximate surface area is 367 Å². The van der Waals surface area contributed by atoms with E-state index < -0.39 is 5.97 Å². The van der Waals surface area contributed by atoms with Crippen molar-refractivity contribution in [1.29, 1.82) is 0 Å². The summed E-state index contributed by atoms with van der Waals surface area (Å²) in [6.45, 7) is 54.3. The van der Waals surface area contributed by atoms with E-state index in [0.29, 0.717) is 21.8 Å². The molecule has 5 rings (SSSR count). The average molecular weight is 893 g/mol. The Morgan fingerprint density at radius 3 is 1.00 bits per heavy atom. The number of carbonyl (C=O) groups is 1. The summed E-state index contributed by atoms with van der Waals surface area (Å²) in [6.07, 6.45) is 1.25. The fourth-order valence-electron chi connectivity index (χ4n) is 8.57. The molecule has 2 aliphatic carbocycles. The molecule has 3 heteroatoms. The molecule has 0 aromatic heterocycles. The molecule has 0 spiro atoms. The van der Waals surface area contributed by atoms with E-state index in [1.807, 2.05) is 26.8 Å². The van der Waals surface area contributed by atoms with E-state index in [0.717, 1.165) is 11.1 Å². The molecule has 2 saturated carbocycles. The van der Waals surface area contributed by atoms with Crippen molar-refractivity contribution in [3.05, 3.63) is 122 Å². The highest BCUT2D eigenvalue weighted by Crippen LogP contribution is 2.78. The zero-order valence-electron chi connectivity index (χ0n) is 41.1. The van der Waals surface area contributed by atoms with Crippen LogP contribution in [0.3, 0.4) is 0 Å². The van der Waals surface area contributed by atoms with Crippen molar-refractivity contribution in [2.24, 2.45) is 21.7 Å². The fraction of sp³-hybridized carbons (Fsp3) is 0.574. The van der Waals surface area contributed by atoms with E-state index in [1.165, 1.54) is 60.9 Å². The van der Waals surface area contributed by atoms with E-state index in [-0.39, 0.29) is 16.2 Å². The summed E-state index contributed by atoms with van der Waals surface area (Å²) >= 11 is 2.29. The van der Waals surface area contributed by atoms with Crippen LogP contribution in [0.5, 0.6) is 0 Å². The summed E-state index contributed by atoms with van der Waals surface area (Å²) in [4.78, 5) is 11.2. The smallest absolute Gasteiger partial charge is 0.335 e. The number of allylic oxidation sites excluding steroid dienone is 3. The molecule has 1 N–H and O–H groups in total. The van der Waals surface area contributed by atoms with Crippen molar-refractivity contribution < 1.29 is 9.90 Å². The van der Waals surface area contributed by atoms with E-state index in [2.05, 4.69) is 210 Å². The Balaban J connectivity index is 0.000000744. The van der Waals surface area contributed by atoms with Gasteiger partial charge in [-0.25, -0.2) is 4.79 Å². The molecule has 3 aromatic carbocycles. The second kappa shape index (κ2) is 21.0. The summed E-state index contributed by atoms with van der Waals surface area (Å²) in [5.41, 5.74) is 16.3. The SMILES string of the molecule is C=C(C)C.CC(C)=C(C)c1cc(C)cc(C)c1.CCC.CCI.Cc1cc(C(=O)O)cc(C2(C)C(C)(C)C2(C)C)c1.Cc1cc(C)cc(C2(C)C(C)(C)C2(C)C)c1. The third-order valence-electron chi connectivity index (χ3n) is 14.1. The van der Waals surface area contributed by atoms with Crippen LogP contribution in [0.4, 0.5) is 0 Å². The third kappa shape index (κ3) is 12.2. The minimum absolute atomic E-state index is 0.0379. The van der Waals surface area contributed by atoms with Crippen molar-refractivity contribution >= 4 is 34.1 Å². The zero-order valence-corrected chi connectivity index (χ0v) is 43.2. The second-order valence-electron chi connectivity index (χ2n) is 19.7. The molecule has 2 nitrogen and oxygen atoms in total. The average Bonchev–Trinajstić information content (AvgIpc) is 3.57. The quantitative estimate of drug-likeness (QED) is 0.161. The van der Waals surface area contributed by atoms with Crippen LogP contribution in [-0.4, -0.2) is 15.5 Å². The minimum atomic E-state index is -0.847. The van der Waals surface area contributed by atoms with Crippen molar-refractivity contribution in [2.75, 3.05) is 4.43 Å². The van der Waals surface area contributed by atoms with Crippen LogP contribution in [0.25, 0.3) is 5.57 Å². The van der Waals surface area contributed by atoms with E-state index in [9.17, 15) is 9.90 Å². The van der Waals surface area contributed by atoms with Crippen molar-refractivity contribution in [1.82, 2.24) is 0 Å². The molecule has 0 saturated heterocycles. The highest BCUT2D eigenvalue weighted by atomic mass is 127. The molecule has 0 unspecified atom stereocenters. The highest BCUT2D eigenvalue weighted by Gasteiger charge is 2.75. The van der Waals surface area contributed by atoms with Gasteiger partial charge < -0.3 is 5.11 Å². The van der Waals surface area contributed by atoms with Gasteiger partial charge in [-0.1, -0.05) is 195 Å². The first-order chi connectivity index (χ1) is 25.8. The Kier molecular flexibility index (Phi) is 20.1. The number of aromatic carboxylic acids is 1. The van der Waals surface area contributed by atoms with E-state index >= 15 is 0 Å². The molecule has 57 heavy (non-hydrogen) atoms. The van der Waals surface area contributed by atoms with Crippen LogP contribution < -0.4 is 0 Å². The van der Waals surface area contributed by atoms with Gasteiger partial charge in [0.1, 0.15) is 0 Å². The lowest BCUT2D eigenvalue weighted by Crippen LogP contribution is -2.13. The van der Waals surface area contributed by atoms with Gasteiger partial charge in [0.25, 0.3) is 0 Å². The molecule has 0 radical (unpaired) electrons. The molecule has 2 aliphatic rings. The van der Waals surface area contributed by atoms with Gasteiger partial charge in [-0.2, -0.15) is 0 Å². The third-order valence-corrected chi connectivity index (χ3v) is 14.1. The fourth-order valence-corrected chi connectivity index (χ4v) is 8.57. The predicted molar refractivity (Wildman–Crippen MR) is 265 cm³/mol. The minimum Gasteiger partial charge on any atom is -0.478 e. The molecular formula is C54H85IO2. The normalized spacial score (nSPS) is 17.3. The molecule has 0 heterocycles. The molecule has 3 aromatic rings. The maximum atomic E-state index is 11.2. The first kappa shape index (κ1) is 54.3. The summed E-state index contributed by atoms with van der Waals surface area (Å²) in [6, 6.07) is 19.4. The van der Waals surface area contributed by atoms with E-state index in [4.69, 9.17) is 0 Å². The number of benzene rings is 3. The number of hydrogen-bond donors (Lipinski definition) is 1. The van der Waals surface area contributed by atoms with Gasteiger partial charge in [0, 0.05) is 10.8 Å². The zero-order chi connectivity index (χ0) is 45.3. The number of hydrogen-bond acceptors (Lipinski definition) is 1. The molecule has 0 amide bonds. The van der Waals surface area contributed by atoms with Gasteiger partial charge in [0.15, 0.2) is 0 Å². The standard InChI is InChI=1S/C16H22O2.C16H24.C13H18.C4H8.C3H8.C2H5I/c1-10-7-11(13(17)18)9-12(8-10)16(6)14(2,3)15(16,4)5;1-11-8-12(2)10-13(9-11)16(7)14(3,4)15(16,5)6;1-9(2)12(5)13-7-10(3)6-11(4)8-13;1-4(2)3;1-3-2;1-2-3/h7-9H,1-6H3,(H,17,18);8-10H,1-7H3;6-8H,1-5H3;1H2,2-3H3;3H2,1-2H3;2H2,1H3. The van der Waals surface area contributed by atoms with Gasteiger partial charge in [-0.15, -0.1) is 6.58 Å². The Bertz CT molecular complexity index is 1770. The number of aryl methyl sites for hydroxylation is 5. The number of rotatable bonds is 4. The van der Waals surface area contributed by atoms with Crippen molar-refractivity contribution in [3.8, 4) is 0 Å². The van der Waals surface area contributed by atoms with Crippen LogP contribution in [0, 0.1) is 56.3 Å². The number of carboxylic acid groups (broad SMARTS) is 1. The maximum absolute atomic E-state index is 11.2. The molecule has 2 fully saturated rings. The number of alkyl halides is 1. The van der Waals surface area contributed by atoms with Gasteiger partial charge in [-0.05, 0) is 135 Å². The largest absolute Gasteiger partial charge is 0.478 e. The number of halogens is 1. The van der Waals surface area contributed by atoms with Crippen molar-refractivity contribution in [3.63, 3.8) is 0 Å². The predicted octanol–water partition coefficient (Wildman–Crippen LogP) is 17.2. The first-order valence-electron chi connectivity index (χ1n) is 21.1. The lowest BCUT2D eigenvalue weighted by molar-refractivity contribution is 0.0696. The summed E-state index contributed by atoms with van der Waals surface area (Å²) < 4.78 is 1.22. The van der Waals surface area contributed by atoms with Crippen LogP contribution in [0.2, 0.25) is 0 Å². The molecular weight excluding hydrogens is 807 g/mol. The van der Waals surface area contributed by atoms with Gasteiger partial charge in [0.2, 0.25) is 0 Å². The Hall–Kier alpha value is -2.66. The molecule has 0 atom stereocenters. The summed E-state index contributed by atoms with van der Waals surface area (Å²) in [5, 5.41) is 9.18. The van der Waals surface area contributed by atoms with E-state index in [1.54, 1.807) is 6.07 Å². The maximum Gasteiger partial charge on any atom is 0.335 e. The Morgan fingerprint density at radius 1 is 0.526 bits per heavy atom. The molecule has 0 aliphatic heterocycles. The van der Waals surface area contributed by atoms with Crippen LogP contribution in [-0.2, 0) is 10.8 Å². The van der Waals surface area contributed by atoms with Crippen LogP contribution in [0.15, 0.2) is 72.3 Å². The van der Waals surface area contributed by atoms with Gasteiger partial charge in [0.05, 0.1) is 5.56 Å². The molecule has 0 bridgehead atoms. The lowest BCUT2D eigenvalue weighted by Gasteiger charge is -2.18. The first-order valence-corrected chi connectivity index (χ1v) is 22.6. The van der Waals surface area contributed by atoms with Crippen molar-refractivity contribution in [2.45, 2.75) is 176 Å². The van der Waals surface area contributed by atoms with Crippen LogP contribution in [0.1, 0.15) is 186 Å². The Morgan fingerprint density at radius 2 is 0.754 bits per heavy atom. The summed E-state index contributed by atoms with van der Waals surface area (Å²) in [7, 11) is 0. The van der Waals surface area contributed by atoms with Gasteiger partial charge in [-0.3, -0.25) is 0 Å². The monoisotopic (exact) mass is 893 g/mol. The number of carboxylic acids is 1. The van der Waals surface area contributed by atoms with Gasteiger partial charge >= 0.3 is 5.97 Å². The lowest BCUT2D eigenvalue weighted by atomic mass is 9.86. The second-order valence-corrected chi connectivity index (χ2v) is 21.2. The highest BCUT2D eigenvalue weighted by molar-refractivity contribution is 14.1. The molecule has 320 valence electrons. The van der Waals surface area contributed by atoms with Crippen LogP contribution >= 0.6 is 22.6 Å². The topological polar surface area (TPSA) is 37.3 Å².